The lowest BCUT2D eigenvalue weighted by Crippen LogP contribution is -2.06. The van der Waals surface area contributed by atoms with Crippen LogP contribution in [0.3, 0.4) is 0 Å². The maximum absolute atomic E-state index is 6.00. The van der Waals surface area contributed by atoms with Gasteiger partial charge in [-0.1, -0.05) is 30.4 Å². The van der Waals surface area contributed by atoms with Gasteiger partial charge in [0.05, 0.1) is 0 Å². The molecular weight excluding hydrogens is 246 g/mol. The van der Waals surface area contributed by atoms with Crippen LogP contribution in [0, 0.1) is 0 Å². The Morgan fingerprint density at radius 3 is 3.10 bits per heavy atom. The van der Waals surface area contributed by atoms with E-state index >= 15 is 0 Å². The number of H-pyrrole nitrogens is 1. The third-order valence-electron chi connectivity index (χ3n) is 4.26. The van der Waals surface area contributed by atoms with Crippen molar-refractivity contribution < 1.29 is 4.42 Å². The fourth-order valence-electron chi connectivity index (χ4n) is 3.30. The van der Waals surface area contributed by atoms with E-state index in [1.165, 1.54) is 32.8 Å². The molecule has 0 radical (unpaired) electrons. The Labute approximate surface area is 115 Å². The van der Waals surface area contributed by atoms with Gasteiger partial charge < -0.3 is 9.40 Å². The van der Waals surface area contributed by atoms with E-state index in [4.69, 9.17) is 4.42 Å². The van der Waals surface area contributed by atoms with Crippen LogP contribution < -0.4 is 10.8 Å². The van der Waals surface area contributed by atoms with Crippen molar-refractivity contribution in [2.75, 3.05) is 0 Å². The summed E-state index contributed by atoms with van der Waals surface area (Å²) in [7, 11) is 0. The highest BCUT2D eigenvalue weighted by atomic mass is 16.3. The normalized spacial score (nSPS) is 16.0. The number of fused-ring (bicyclic) bond motifs is 6. The second-order valence-corrected chi connectivity index (χ2v) is 5.43. The number of aromatic amines is 1. The van der Waals surface area contributed by atoms with Crippen LogP contribution in [-0.2, 0) is 6.42 Å². The van der Waals surface area contributed by atoms with Crippen LogP contribution >= 0.6 is 0 Å². The Balaban J connectivity index is 1.96. The first-order valence-corrected chi connectivity index (χ1v) is 7.01. The molecule has 2 heterocycles. The molecule has 0 bridgehead atoms. The summed E-state index contributed by atoms with van der Waals surface area (Å²) in [4.78, 5) is 3.53. The van der Waals surface area contributed by atoms with Crippen LogP contribution in [0.1, 0.15) is 17.5 Å². The van der Waals surface area contributed by atoms with Crippen molar-refractivity contribution in [3.05, 3.63) is 52.3 Å². The zero-order valence-electron chi connectivity index (χ0n) is 10.9. The Kier molecular flexibility index (Phi) is 1.83. The predicted molar refractivity (Wildman–Crippen MR) is 82.7 cm³/mol. The molecule has 0 saturated heterocycles. The molecule has 2 aliphatic carbocycles. The van der Waals surface area contributed by atoms with Crippen molar-refractivity contribution in [3.63, 3.8) is 0 Å². The first-order chi connectivity index (χ1) is 9.90. The summed E-state index contributed by atoms with van der Waals surface area (Å²) in [6, 6.07) is 4.41. The molecule has 0 unspecified atom stereocenters. The number of hydrogen-bond donors (Lipinski definition) is 1. The molecule has 2 heteroatoms. The average molecular weight is 259 g/mol. The number of allylic oxidation sites excluding steroid dienone is 3. The molecule has 0 atom stereocenters. The number of rotatable bonds is 0. The molecule has 0 aliphatic heterocycles. The van der Waals surface area contributed by atoms with Crippen LogP contribution in [0.4, 0.5) is 0 Å². The van der Waals surface area contributed by atoms with Crippen molar-refractivity contribution in [1.82, 2.24) is 4.98 Å². The monoisotopic (exact) mass is 259 g/mol. The Morgan fingerprint density at radius 2 is 2.10 bits per heavy atom. The quantitative estimate of drug-likeness (QED) is 0.660. The highest BCUT2D eigenvalue weighted by Crippen LogP contribution is 2.27. The molecule has 0 spiro atoms. The third-order valence-corrected chi connectivity index (χ3v) is 4.26. The van der Waals surface area contributed by atoms with Crippen LogP contribution in [0.15, 0.2) is 34.8 Å². The Hall–Kier alpha value is -2.48. The molecule has 2 aromatic heterocycles. The molecule has 1 N–H and O–H groups in total. The molecule has 0 fully saturated rings. The highest BCUT2D eigenvalue weighted by Gasteiger charge is 2.14. The first kappa shape index (κ1) is 10.3. The molecule has 20 heavy (non-hydrogen) atoms. The maximum Gasteiger partial charge on any atom is 0.135 e. The van der Waals surface area contributed by atoms with E-state index < -0.39 is 0 Å². The van der Waals surface area contributed by atoms with Gasteiger partial charge in [-0.2, -0.15) is 0 Å². The zero-order valence-corrected chi connectivity index (χ0v) is 10.9. The van der Waals surface area contributed by atoms with Gasteiger partial charge in [0.2, 0.25) is 0 Å². The van der Waals surface area contributed by atoms with Gasteiger partial charge in [0, 0.05) is 32.8 Å². The molecule has 3 aromatic rings. The van der Waals surface area contributed by atoms with E-state index in [0.717, 1.165) is 23.8 Å². The summed E-state index contributed by atoms with van der Waals surface area (Å²) in [6.45, 7) is 0. The molecule has 0 amide bonds. The maximum atomic E-state index is 6.00. The summed E-state index contributed by atoms with van der Waals surface area (Å²) in [5.74, 6) is 0. The van der Waals surface area contributed by atoms with E-state index in [1.54, 1.807) is 0 Å². The topological polar surface area (TPSA) is 28.9 Å². The SMILES string of the molecule is C1=CCc2c(oc3cc4c5c([nH]c4cc23)=CCC=C5)=C1. The Bertz CT molecular complexity index is 1040. The van der Waals surface area contributed by atoms with Crippen LogP contribution in [0.5, 0.6) is 0 Å². The van der Waals surface area contributed by atoms with Crippen molar-refractivity contribution >= 4 is 40.1 Å². The Morgan fingerprint density at radius 1 is 1.10 bits per heavy atom. The average Bonchev–Trinajstić information content (AvgIpc) is 3.02. The predicted octanol–water partition coefficient (Wildman–Crippen LogP) is 3.00. The van der Waals surface area contributed by atoms with Gasteiger partial charge in [-0.15, -0.1) is 0 Å². The molecule has 1 aromatic carbocycles. The van der Waals surface area contributed by atoms with Gasteiger partial charge in [-0.25, -0.2) is 0 Å². The van der Waals surface area contributed by atoms with Gasteiger partial charge in [0.15, 0.2) is 0 Å². The van der Waals surface area contributed by atoms with Crippen molar-refractivity contribution in [2.24, 2.45) is 0 Å². The van der Waals surface area contributed by atoms with Crippen LogP contribution in [0.25, 0.3) is 40.1 Å². The number of nitrogens with one attached hydrogen (secondary N) is 1. The second-order valence-electron chi connectivity index (χ2n) is 5.43. The zero-order chi connectivity index (χ0) is 13.1. The second kappa shape index (κ2) is 3.54. The molecule has 2 nitrogen and oxygen atoms in total. The van der Waals surface area contributed by atoms with Gasteiger partial charge in [-0.05, 0) is 31.1 Å². The lowest BCUT2D eigenvalue weighted by Gasteiger charge is -1.97. The highest BCUT2D eigenvalue weighted by molar-refractivity contribution is 6.00. The minimum atomic E-state index is 0.955. The first-order valence-electron chi connectivity index (χ1n) is 7.01. The molecule has 2 aliphatic rings. The van der Waals surface area contributed by atoms with Crippen LogP contribution in [-0.4, -0.2) is 4.98 Å². The fourth-order valence-corrected chi connectivity index (χ4v) is 3.30. The van der Waals surface area contributed by atoms with Crippen molar-refractivity contribution in [1.29, 1.82) is 0 Å². The molecule has 0 saturated carbocycles. The van der Waals surface area contributed by atoms with E-state index in [2.05, 4.69) is 53.6 Å². The summed E-state index contributed by atoms with van der Waals surface area (Å²) in [5.41, 5.74) is 5.78. The smallest absolute Gasteiger partial charge is 0.135 e. The third kappa shape index (κ3) is 1.23. The number of benzene rings is 1. The largest absolute Gasteiger partial charge is 0.456 e. The number of aromatic nitrogens is 1. The van der Waals surface area contributed by atoms with Gasteiger partial charge in [-0.3, -0.25) is 0 Å². The van der Waals surface area contributed by atoms with Crippen molar-refractivity contribution in [3.8, 4) is 0 Å². The van der Waals surface area contributed by atoms with Crippen molar-refractivity contribution in [2.45, 2.75) is 12.8 Å². The van der Waals surface area contributed by atoms with E-state index in [9.17, 15) is 0 Å². The minimum Gasteiger partial charge on any atom is -0.456 e. The molecular formula is C18H13NO. The van der Waals surface area contributed by atoms with Gasteiger partial charge in [0.1, 0.15) is 11.0 Å². The lowest BCUT2D eigenvalue weighted by atomic mass is 10.0. The standard InChI is InChI=1S/C18H13NO/c1-3-7-15-11(5-1)13-10-18-14(9-16(13)19-15)12-6-2-4-8-17(12)20-18/h1-2,4-5,7-10,19H,3,6H2. The molecule has 5 rings (SSSR count). The minimum absolute atomic E-state index is 0.955. The van der Waals surface area contributed by atoms with E-state index in [0.29, 0.717) is 0 Å². The molecule has 96 valence electrons. The van der Waals surface area contributed by atoms with Crippen LogP contribution in [0.2, 0.25) is 0 Å². The number of furan rings is 1. The number of hydrogen-bond acceptors (Lipinski definition) is 1. The summed E-state index contributed by atoms with van der Waals surface area (Å²) in [6.07, 6.45) is 14.9. The van der Waals surface area contributed by atoms with E-state index in [1.807, 2.05) is 0 Å². The summed E-state index contributed by atoms with van der Waals surface area (Å²) in [5, 5.41) is 3.71. The summed E-state index contributed by atoms with van der Waals surface area (Å²) >= 11 is 0. The summed E-state index contributed by atoms with van der Waals surface area (Å²) < 4.78 is 6.00. The van der Waals surface area contributed by atoms with E-state index in [-0.39, 0.29) is 0 Å². The van der Waals surface area contributed by atoms with Gasteiger partial charge >= 0.3 is 0 Å². The van der Waals surface area contributed by atoms with Gasteiger partial charge in [0.25, 0.3) is 0 Å². The lowest BCUT2D eigenvalue weighted by molar-refractivity contribution is 0.573. The fraction of sp³-hybridized carbons (Fsp3) is 0.111.